The fourth-order valence-electron chi connectivity index (χ4n) is 8.01. The van der Waals surface area contributed by atoms with Gasteiger partial charge >= 0.3 is 0 Å². The summed E-state index contributed by atoms with van der Waals surface area (Å²) in [6, 6.07) is 35.3. The van der Waals surface area contributed by atoms with Crippen molar-refractivity contribution in [2.24, 2.45) is 17.8 Å². The Morgan fingerprint density at radius 3 is 1.43 bits per heavy atom. The normalized spacial score (nSPS) is 26.7. The molecule has 0 atom stereocenters. The maximum absolute atomic E-state index is 6.79. The van der Waals surface area contributed by atoms with Crippen molar-refractivity contribution in [1.29, 1.82) is 0 Å². The fourth-order valence-corrected chi connectivity index (χ4v) is 8.01. The summed E-state index contributed by atoms with van der Waals surface area (Å²) in [5.41, 5.74) is 16.7. The Balaban J connectivity index is 1.31. The van der Waals surface area contributed by atoms with Crippen molar-refractivity contribution in [2.75, 3.05) is 5.73 Å². The van der Waals surface area contributed by atoms with Crippen LogP contribution in [0.3, 0.4) is 0 Å². The number of hydrogen-bond acceptors (Lipinski definition) is 1. The SMILES string of the molecule is Nc1c(-c2ccccc2)cc(-c2ccc(C34CC5CC(CC(C5)C3)C4)cc2)cc1-c1ccccc1. The van der Waals surface area contributed by atoms with E-state index < -0.39 is 0 Å². The lowest BCUT2D eigenvalue weighted by molar-refractivity contribution is -0.00518. The Labute approximate surface area is 209 Å². The molecule has 0 spiro atoms. The predicted molar refractivity (Wildman–Crippen MR) is 147 cm³/mol. The average Bonchev–Trinajstić information content (AvgIpc) is 2.89. The van der Waals surface area contributed by atoms with Gasteiger partial charge in [-0.05, 0) is 102 Å². The molecule has 4 aliphatic rings. The first-order valence-electron chi connectivity index (χ1n) is 13.3. The summed E-state index contributed by atoms with van der Waals surface area (Å²) in [5.74, 6) is 2.92. The molecule has 4 aromatic carbocycles. The minimum atomic E-state index is 0.443. The summed E-state index contributed by atoms with van der Waals surface area (Å²) >= 11 is 0. The molecule has 4 aliphatic carbocycles. The van der Waals surface area contributed by atoms with Gasteiger partial charge in [-0.3, -0.25) is 0 Å². The van der Waals surface area contributed by atoms with E-state index in [4.69, 9.17) is 5.73 Å². The maximum atomic E-state index is 6.79. The summed E-state index contributed by atoms with van der Waals surface area (Å²) in [5, 5.41) is 0. The highest BCUT2D eigenvalue weighted by Crippen LogP contribution is 2.60. The van der Waals surface area contributed by atoms with E-state index in [2.05, 4.69) is 97.1 Å². The van der Waals surface area contributed by atoms with E-state index in [0.717, 1.165) is 45.7 Å². The lowest BCUT2D eigenvalue weighted by atomic mass is 9.48. The predicted octanol–water partition coefficient (Wildman–Crippen LogP) is 8.74. The van der Waals surface area contributed by atoms with Gasteiger partial charge in [0, 0.05) is 16.8 Å². The highest BCUT2D eigenvalue weighted by atomic mass is 14.6. The smallest absolute Gasteiger partial charge is 0.0473 e. The highest BCUT2D eigenvalue weighted by molar-refractivity contribution is 5.93. The van der Waals surface area contributed by atoms with E-state index in [0.29, 0.717) is 5.41 Å². The Kier molecular flexibility index (Phi) is 4.87. The third kappa shape index (κ3) is 3.60. The van der Waals surface area contributed by atoms with E-state index >= 15 is 0 Å². The monoisotopic (exact) mass is 455 g/mol. The summed E-state index contributed by atoms with van der Waals surface area (Å²) in [7, 11) is 0. The van der Waals surface area contributed by atoms with Gasteiger partial charge in [0.25, 0.3) is 0 Å². The van der Waals surface area contributed by atoms with E-state index in [-0.39, 0.29) is 0 Å². The van der Waals surface area contributed by atoms with Gasteiger partial charge in [0.2, 0.25) is 0 Å². The zero-order chi connectivity index (χ0) is 23.4. The van der Waals surface area contributed by atoms with Crippen LogP contribution in [-0.4, -0.2) is 0 Å². The second kappa shape index (κ2) is 8.12. The highest BCUT2D eigenvalue weighted by Gasteiger charge is 2.51. The molecule has 1 heteroatoms. The Morgan fingerprint density at radius 1 is 0.514 bits per heavy atom. The zero-order valence-corrected chi connectivity index (χ0v) is 20.3. The van der Waals surface area contributed by atoms with Crippen LogP contribution >= 0.6 is 0 Å². The van der Waals surface area contributed by atoms with Gasteiger partial charge in [0.05, 0.1) is 0 Å². The van der Waals surface area contributed by atoms with Crippen molar-refractivity contribution in [3.8, 4) is 33.4 Å². The van der Waals surface area contributed by atoms with Gasteiger partial charge in [-0.2, -0.15) is 0 Å². The molecule has 0 radical (unpaired) electrons. The van der Waals surface area contributed by atoms with Crippen LogP contribution in [0.15, 0.2) is 97.1 Å². The van der Waals surface area contributed by atoms with Crippen molar-refractivity contribution in [2.45, 2.75) is 43.9 Å². The number of hydrogen-bond donors (Lipinski definition) is 1. The summed E-state index contributed by atoms with van der Waals surface area (Å²) in [6.07, 6.45) is 8.72. The first-order valence-corrected chi connectivity index (χ1v) is 13.3. The number of benzene rings is 4. The molecular weight excluding hydrogens is 422 g/mol. The lowest BCUT2D eigenvalue weighted by Gasteiger charge is -2.57. The molecule has 0 aromatic heterocycles. The van der Waals surface area contributed by atoms with Crippen molar-refractivity contribution in [3.63, 3.8) is 0 Å². The molecular formula is C34H33N. The summed E-state index contributed by atoms with van der Waals surface area (Å²) in [6.45, 7) is 0. The van der Waals surface area contributed by atoms with Gasteiger partial charge < -0.3 is 5.73 Å². The average molecular weight is 456 g/mol. The lowest BCUT2D eigenvalue weighted by Crippen LogP contribution is -2.48. The zero-order valence-electron chi connectivity index (χ0n) is 20.3. The number of nitrogen functional groups attached to an aromatic ring is 1. The van der Waals surface area contributed by atoms with Crippen LogP contribution in [0, 0.1) is 17.8 Å². The van der Waals surface area contributed by atoms with Gasteiger partial charge in [-0.25, -0.2) is 0 Å². The number of rotatable bonds is 4. The molecule has 0 saturated heterocycles. The quantitative estimate of drug-likeness (QED) is 0.306. The van der Waals surface area contributed by atoms with Gasteiger partial charge in [-0.1, -0.05) is 84.9 Å². The summed E-state index contributed by atoms with van der Waals surface area (Å²) < 4.78 is 0. The number of nitrogens with two attached hydrogens (primary N) is 1. The second-order valence-corrected chi connectivity index (χ2v) is 11.5. The third-order valence-corrected chi connectivity index (χ3v) is 9.22. The van der Waals surface area contributed by atoms with Gasteiger partial charge in [0.1, 0.15) is 0 Å². The van der Waals surface area contributed by atoms with Crippen LogP contribution in [0.4, 0.5) is 5.69 Å². The van der Waals surface area contributed by atoms with Crippen LogP contribution < -0.4 is 5.73 Å². The minimum absolute atomic E-state index is 0.443. The van der Waals surface area contributed by atoms with Crippen LogP contribution in [0.1, 0.15) is 44.1 Å². The van der Waals surface area contributed by atoms with E-state index in [1.807, 2.05) is 0 Å². The van der Waals surface area contributed by atoms with E-state index in [1.54, 1.807) is 5.56 Å². The van der Waals surface area contributed by atoms with Crippen LogP contribution in [0.2, 0.25) is 0 Å². The van der Waals surface area contributed by atoms with Crippen LogP contribution in [0.25, 0.3) is 33.4 Å². The molecule has 35 heavy (non-hydrogen) atoms. The largest absolute Gasteiger partial charge is 0.398 e. The first kappa shape index (κ1) is 21.0. The first-order chi connectivity index (χ1) is 17.2. The van der Waals surface area contributed by atoms with Crippen LogP contribution in [0.5, 0.6) is 0 Å². The molecule has 2 N–H and O–H groups in total. The molecule has 4 fully saturated rings. The molecule has 0 aliphatic heterocycles. The van der Waals surface area contributed by atoms with Gasteiger partial charge in [-0.15, -0.1) is 0 Å². The van der Waals surface area contributed by atoms with Crippen molar-refractivity contribution < 1.29 is 0 Å². The van der Waals surface area contributed by atoms with E-state index in [1.165, 1.54) is 49.7 Å². The van der Waals surface area contributed by atoms with E-state index in [9.17, 15) is 0 Å². The molecule has 4 saturated carbocycles. The Hall–Kier alpha value is -3.32. The number of anilines is 1. The van der Waals surface area contributed by atoms with Crippen LogP contribution in [-0.2, 0) is 5.41 Å². The minimum Gasteiger partial charge on any atom is -0.398 e. The Morgan fingerprint density at radius 2 is 0.971 bits per heavy atom. The van der Waals surface area contributed by atoms with Crippen molar-refractivity contribution >= 4 is 5.69 Å². The maximum Gasteiger partial charge on any atom is 0.0473 e. The molecule has 4 bridgehead atoms. The molecule has 1 nitrogen and oxygen atoms in total. The Bertz CT molecular complexity index is 1260. The molecule has 8 rings (SSSR count). The van der Waals surface area contributed by atoms with Crippen molar-refractivity contribution in [3.05, 3.63) is 103 Å². The summed E-state index contributed by atoms with van der Waals surface area (Å²) in [4.78, 5) is 0. The topological polar surface area (TPSA) is 26.0 Å². The molecule has 0 amide bonds. The third-order valence-electron chi connectivity index (χ3n) is 9.22. The molecule has 0 unspecified atom stereocenters. The standard InChI is InChI=1S/C34H33N/c35-33-31(27-7-3-1-4-8-27)18-29(19-32(33)28-9-5-2-6-10-28)26-11-13-30(14-12-26)34-20-23-15-24(21-34)17-25(16-23)22-34/h1-14,18-19,23-25H,15-17,20-22,35H2. The molecule has 4 aromatic rings. The molecule has 174 valence electrons. The second-order valence-electron chi connectivity index (χ2n) is 11.5. The molecule has 0 heterocycles. The van der Waals surface area contributed by atoms with Crippen molar-refractivity contribution in [1.82, 2.24) is 0 Å². The fraction of sp³-hybridized carbons (Fsp3) is 0.294. The van der Waals surface area contributed by atoms with Gasteiger partial charge in [0.15, 0.2) is 0 Å².